The predicted molar refractivity (Wildman–Crippen MR) is 68.0 cm³/mol. The number of aromatic nitrogens is 4. The topological polar surface area (TPSA) is 83.6 Å². The first kappa shape index (κ1) is 11.8. The van der Waals surface area contributed by atoms with Crippen molar-refractivity contribution < 1.29 is 4.79 Å². The molecule has 19 heavy (non-hydrogen) atoms. The number of carbonyl (C=O) groups is 1. The van der Waals surface area contributed by atoms with Gasteiger partial charge in [0.1, 0.15) is 0 Å². The predicted octanol–water partition coefficient (Wildman–Crippen LogP) is 0.621. The third kappa shape index (κ3) is 2.62. The number of nitrogens with zero attached hydrogens (tertiary/aromatic N) is 3. The summed E-state index contributed by atoms with van der Waals surface area (Å²) in [5, 5.41) is 13.7. The molecular weight excluding hydrogens is 242 g/mol. The maximum absolute atomic E-state index is 12.1. The van der Waals surface area contributed by atoms with Crippen molar-refractivity contribution in [2.75, 3.05) is 0 Å². The van der Waals surface area contributed by atoms with Gasteiger partial charge in [-0.25, -0.2) is 0 Å². The van der Waals surface area contributed by atoms with Crippen LogP contribution >= 0.6 is 0 Å². The van der Waals surface area contributed by atoms with Crippen molar-refractivity contribution in [3.8, 4) is 0 Å². The van der Waals surface area contributed by atoms with Gasteiger partial charge in [0.2, 0.25) is 5.91 Å². The lowest BCUT2D eigenvalue weighted by Crippen LogP contribution is -2.33. The van der Waals surface area contributed by atoms with Crippen LogP contribution in [-0.2, 0) is 24.2 Å². The van der Waals surface area contributed by atoms with Gasteiger partial charge in [-0.15, -0.1) is 0 Å². The Morgan fingerprint density at radius 1 is 1.32 bits per heavy atom. The highest BCUT2D eigenvalue weighted by molar-refractivity contribution is 5.79. The van der Waals surface area contributed by atoms with Crippen LogP contribution in [0.4, 0.5) is 0 Å². The maximum Gasteiger partial charge on any atom is 0.223 e. The Balaban J connectivity index is 1.57. The quantitative estimate of drug-likeness (QED) is 0.844. The van der Waals surface area contributed by atoms with E-state index in [-0.39, 0.29) is 11.8 Å². The number of pyridine rings is 1. The third-order valence-corrected chi connectivity index (χ3v) is 3.46. The van der Waals surface area contributed by atoms with Crippen molar-refractivity contribution in [1.29, 1.82) is 0 Å². The summed E-state index contributed by atoms with van der Waals surface area (Å²) in [6, 6.07) is 3.80. The number of rotatable bonds is 3. The largest absolute Gasteiger partial charge is 0.352 e. The highest BCUT2D eigenvalue weighted by Crippen LogP contribution is 2.22. The second-order valence-electron chi connectivity index (χ2n) is 4.73. The number of fused-ring (bicyclic) bond motifs is 1. The number of amides is 1. The van der Waals surface area contributed by atoms with Gasteiger partial charge in [0, 0.05) is 31.3 Å². The summed E-state index contributed by atoms with van der Waals surface area (Å²) in [7, 11) is 0. The van der Waals surface area contributed by atoms with Crippen molar-refractivity contribution in [3.63, 3.8) is 0 Å². The Morgan fingerprint density at radius 2 is 2.11 bits per heavy atom. The Hall–Kier alpha value is -2.24. The first-order valence-corrected chi connectivity index (χ1v) is 6.38. The number of aromatic amines is 1. The van der Waals surface area contributed by atoms with Gasteiger partial charge in [-0.2, -0.15) is 15.4 Å². The summed E-state index contributed by atoms with van der Waals surface area (Å²) < 4.78 is 0. The fourth-order valence-corrected chi connectivity index (χ4v) is 2.34. The van der Waals surface area contributed by atoms with E-state index in [1.54, 1.807) is 12.4 Å². The second-order valence-corrected chi connectivity index (χ2v) is 4.73. The lowest BCUT2D eigenvalue weighted by atomic mass is 9.89. The Morgan fingerprint density at radius 3 is 2.95 bits per heavy atom. The van der Waals surface area contributed by atoms with E-state index in [2.05, 4.69) is 25.7 Å². The Kier molecular flexibility index (Phi) is 3.22. The van der Waals surface area contributed by atoms with E-state index >= 15 is 0 Å². The Bertz CT molecular complexity index is 565. The molecule has 0 radical (unpaired) electrons. The van der Waals surface area contributed by atoms with Gasteiger partial charge >= 0.3 is 0 Å². The molecule has 0 saturated carbocycles. The summed E-state index contributed by atoms with van der Waals surface area (Å²) in [5.74, 6) is 0.0879. The zero-order valence-electron chi connectivity index (χ0n) is 10.5. The molecule has 98 valence electrons. The summed E-state index contributed by atoms with van der Waals surface area (Å²) in [4.78, 5) is 16.1. The van der Waals surface area contributed by atoms with Gasteiger partial charge in [0.25, 0.3) is 0 Å². The van der Waals surface area contributed by atoms with Crippen molar-refractivity contribution in [2.45, 2.75) is 25.8 Å². The first-order chi connectivity index (χ1) is 9.33. The van der Waals surface area contributed by atoms with Crippen LogP contribution in [0.15, 0.2) is 24.5 Å². The monoisotopic (exact) mass is 257 g/mol. The van der Waals surface area contributed by atoms with E-state index in [0.29, 0.717) is 13.0 Å². The molecule has 3 rings (SSSR count). The van der Waals surface area contributed by atoms with E-state index in [1.165, 1.54) is 0 Å². The molecule has 1 aliphatic rings. The number of aryl methyl sites for hydroxylation is 1. The molecule has 2 aromatic rings. The molecule has 0 fully saturated rings. The lowest BCUT2D eigenvalue weighted by Gasteiger charge is -2.19. The average molecular weight is 257 g/mol. The molecule has 0 bridgehead atoms. The van der Waals surface area contributed by atoms with Crippen LogP contribution in [0.2, 0.25) is 0 Å². The molecule has 1 atom stereocenters. The van der Waals surface area contributed by atoms with E-state index in [4.69, 9.17) is 0 Å². The van der Waals surface area contributed by atoms with Gasteiger partial charge in [0.15, 0.2) is 0 Å². The van der Waals surface area contributed by atoms with Crippen molar-refractivity contribution in [1.82, 2.24) is 25.7 Å². The van der Waals surface area contributed by atoms with Crippen LogP contribution in [0.25, 0.3) is 0 Å². The number of nitrogens with one attached hydrogen (secondary N) is 2. The van der Waals surface area contributed by atoms with Crippen LogP contribution in [0.1, 0.15) is 23.4 Å². The molecular formula is C13H15N5O. The zero-order chi connectivity index (χ0) is 13.1. The van der Waals surface area contributed by atoms with Crippen LogP contribution in [0.3, 0.4) is 0 Å². The number of H-pyrrole nitrogens is 1. The van der Waals surface area contributed by atoms with E-state index in [1.807, 2.05) is 12.1 Å². The average Bonchev–Trinajstić information content (AvgIpc) is 2.93. The second kappa shape index (κ2) is 5.17. The van der Waals surface area contributed by atoms with Crippen molar-refractivity contribution in [2.24, 2.45) is 5.92 Å². The summed E-state index contributed by atoms with van der Waals surface area (Å²) in [6.45, 7) is 0.545. The molecule has 0 spiro atoms. The first-order valence-electron chi connectivity index (χ1n) is 6.38. The number of hydrogen-bond acceptors (Lipinski definition) is 4. The molecule has 6 nitrogen and oxygen atoms in total. The van der Waals surface area contributed by atoms with Gasteiger partial charge < -0.3 is 5.32 Å². The maximum atomic E-state index is 12.1. The van der Waals surface area contributed by atoms with Crippen molar-refractivity contribution in [3.05, 3.63) is 41.5 Å². The van der Waals surface area contributed by atoms with E-state index in [0.717, 1.165) is 29.8 Å². The molecule has 2 heterocycles. The van der Waals surface area contributed by atoms with Gasteiger partial charge in [-0.1, -0.05) is 0 Å². The minimum absolute atomic E-state index is 0.000521. The lowest BCUT2D eigenvalue weighted by molar-refractivity contribution is -0.125. The van der Waals surface area contributed by atoms with Gasteiger partial charge in [-0.05, 0) is 30.5 Å². The van der Waals surface area contributed by atoms with Crippen LogP contribution < -0.4 is 5.32 Å². The Labute approximate surface area is 110 Å². The summed E-state index contributed by atoms with van der Waals surface area (Å²) >= 11 is 0. The minimum atomic E-state index is -0.000521. The molecule has 1 amide bonds. The summed E-state index contributed by atoms with van der Waals surface area (Å²) in [5.41, 5.74) is 2.98. The third-order valence-electron chi connectivity index (χ3n) is 3.46. The highest BCUT2D eigenvalue weighted by Gasteiger charge is 2.26. The smallest absolute Gasteiger partial charge is 0.223 e. The van der Waals surface area contributed by atoms with E-state index in [9.17, 15) is 4.79 Å². The van der Waals surface area contributed by atoms with Gasteiger partial charge in [-0.3, -0.25) is 9.78 Å². The molecule has 0 saturated heterocycles. The fourth-order valence-electron chi connectivity index (χ4n) is 2.34. The van der Waals surface area contributed by atoms with Crippen LogP contribution in [-0.4, -0.2) is 26.3 Å². The minimum Gasteiger partial charge on any atom is -0.352 e. The molecule has 6 heteroatoms. The summed E-state index contributed by atoms with van der Waals surface area (Å²) in [6.07, 6.45) is 5.78. The number of hydrogen-bond donors (Lipinski definition) is 2. The standard InChI is InChI=1S/C13H15N5O/c19-13(15-8-9-3-5-14-6-4-9)10-1-2-11-12(7-10)17-18-16-11/h3-6,10H,1-2,7-8H2,(H,15,19)(H,16,17,18). The zero-order valence-corrected chi connectivity index (χ0v) is 10.5. The SMILES string of the molecule is O=C(NCc1ccncc1)C1CCc2n[nH]nc2C1. The van der Waals surface area contributed by atoms with Crippen LogP contribution in [0.5, 0.6) is 0 Å². The molecule has 0 aliphatic heterocycles. The fraction of sp³-hybridized carbons (Fsp3) is 0.385. The molecule has 1 aliphatic carbocycles. The molecule has 2 N–H and O–H groups in total. The number of carbonyl (C=O) groups excluding carboxylic acids is 1. The highest BCUT2D eigenvalue weighted by atomic mass is 16.1. The normalized spacial score (nSPS) is 17.8. The van der Waals surface area contributed by atoms with Crippen LogP contribution in [0, 0.1) is 5.92 Å². The molecule has 1 unspecified atom stereocenters. The van der Waals surface area contributed by atoms with Crippen molar-refractivity contribution >= 4 is 5.91 Å². The molecule has 0 aromatic carbocycles. The van der Waals surface area contributed by atoms with Gasteiger partial charge in [0.05, 0.1) is 11.4 Å². The molecule has 2 aromatic heterocycles. The van der Waals surface area contributed by atoms with E-state index < -0.39 is 0 Å².